The first-order chi connectivity index (χ1) is 7.18. The molecular formula is C11H7BrFNS. The first-order valence-corrected chi connectivity index (χ1v) is 5.52. The first kappa shape index (κ1) is 10.5. The van der Waals surface area contributed by atoms with Gasteiger partial charge in [-0.15, -0.1) is 0 Å². The summed E-state index contributed by atoms with van der Waals surface area (Å²) in [7, 11) is 0. The maximum Gasteiger partial charge on any atom is 0.146 e. The molecular weight excluding hydrogens is 277 g/mol. The number of rotatable bonds is 1. The number of benzene rings is 1. The van der Waals surface area contributed by atoms with Crippen molar-refractivity contribution in [3.63, 3.8) is 0 Å². The molecule has 0 atom stereocenters. The number of nitrogens with one attached hydrogen (secondary N) is 1. The van der Waals surface area contributed by atoms with Gasteiger partial charge in [0, 0.05) is 11.3 Å². The standard InChI is InChI=1S/C11H7BrFNS/c12-8-4-1-3-7(11(8)13)9-5-2-6-10(15)14-9/h1-6H,(H,14,15). The molecule has 0 aliphatic carbocycles. The molecule has 4 heteroatoms. The van der Waals surface area contributed by atoms with E-state index >= 15 is 0 Å². The highest BCUT2D eigenvalue weighted by molar-refractivity contribution is 9.10. The Morgan fingerprint density at radius 3 is 2.60 bits per heavy atom. The van der Waals surface area contributed by atoms with E-state index in [1.54, 1.807) is 36.4 Å². The molecule has 0 bridgehead atoms. The van der Waals surface area contributed by atoms with Gasteiger partial charge in [-0.1, -0.05) is 24.4 Å². The Morgan fingerprint density at radius 2 is 1.87 bits per heavy atom. The highest BCUT2D eigenvalue weighted by atomic mass is 79.9. The zero-order chi connectivity index (χ0) is 10.8. The molecule has 0 aliphatic rings. The molecule has 15 heavy (non-hydrogen) atoms. The molecule has 1 nitrogen and oxygen atoms in total. The fraction of sp³-hybridized carbons (Fsp3) is 0. The van der Waals surface area contributed by atoms with Gasteiger partial charge in [0.2, 0.25) is 0 Å². The van der Waals surface area contributed by atoms with Crippen molar-refractivity contribution in [2.75, 3.05) is 0 Å². The van der Waals surface area contributed by atoms with Crippen molar-refractivity contribution < 1.29 is 4.39 Å². The Kier molecular flexibility index (Phi) is 2.98. The Bertz CT molecular complexity index is 550. The number of pyridine rings is 1. The summed E-state index contributed by atoms with van der Waals surface area (Å²) in [5.74, 6) is -0.283. The van der Waals surface area contributed by atoms with Crippen LogP contribution in [0.4, 0.5) is 4.39 Å². The maximum absolute atomic E-state index is 13.7. The van der Waals surface area contributed by atoms with E-state index in [0.29, 0.717) is 20.4 Å². The molecule has 76 valence electrons. The number of halogens is 2. The van der Waals surface area contributed by atoms with Crippen LogP contribution in [0.5, 0.6) is 0 Å². The summed E-state index contributed by atoms with van der Waals surface area (Å²) < 4.78 is 14.8. The van der Waals surface area contributed by atoms with E-state index in [9.17, 15) is 4.39 Å². The number of hydrogen-bond acceptors (Lipinski definition) is 1. The lowest BCUT2D eigenvalue weighted by molar-refractivity contribution is 0.624. The second-order valence-corrected chi connectivity index (χ2v) is 4.32. The number of hydrogen-bond donors (Lipinski definition) is 1. The second-order valence-electron chi connectivity index (χ2n) is 3.03. The lowest BCUT2D eigenvalue weighted by Crippen LogP contribution is -1.88. The predicted octanol–water partition coefficient (Wildman–Crippen LogP) is 4.31. The van der Waals surface area contributed by atoms with Crippen molar-refractivity contribution in [3.05, 3.63) is 51.3 Å². The molecule has 2 rings (SSSR count). The summed E-state index contributed by atoms with van der Waals surface area (Å²) in [6.45, 7) is 0. The summed E-state index contributed by atoms with van der Waals surface area (Å²) in [6, 6.07) is 10.5. The van der Waals surface area contributed by atoms with Crippen molar-refractivity contribution in [3.8, 4) is 11.3 Å². The first-order valence-electron chi connectivity index (χ1n) is 4.32. The largest absolute Gasteiger partial charge is 0.346 e. The lowest BCUT2D eigenvalue weighted by Gasteiger charge is -2.04. The van der Waals surface area contributed by atoms with Gasteiger partial charge in [0.15, 0.2) is 0 Å². The van der Waals surface area contributed by atoms with E-state index in [0.717, 1.165) is 0 Å². The third kappa shape index (κ3) is 2.16. The van der Waals surface area contributed by atoms with Crippen LogP contribution < -0.4 is 0 Å². The van der Waals surface area contributed by atoms with Gasteiger partial charge in [-0.3, -0.25) is 0 Å². The average molecular weight is 284 g/mol. The Labute approximate surface area is 100 Å². The SMILES string of the molecule is Fc1c(Br)cccc1-c1cccc(=S)[nH]1. The van der Waals surface area contributed by atoms with E-state index < -0.39 is 0 Å². The van der Waals surface area contributed by atoms with E-state index in [1.807, 2.05) is 0 Å². The van der Waals surface area contributed by atoms with Crippen LogP contribution in [0.1, 0.15) is 0 Å². The minimum Gasteiger partial charge on any atom is -0.346 e. The maximum atomic E-state index is 13.7. The van der Waals surface area contributed by atoms with Gasteiger partial charge >= 0.3 is 0 Å². The zero-order valence-corrected chi connectivity index (χ0v) is 10.0. The molecule has 1 aromatic carbocycles. The monoisotopic (exact) mass is 283 g/mol. The number of aromatic amines is 1. The number of H-pyrrole nitrogens is 1. The summed E-state index contributed by atoms with van der Waals surface area (Å²) in [6.07, 6.45) is 0. The van der Waals surface area contributed by atoms with Crippen molar-refractivity contribution in [1.82, 2.24) is 4.98 Å². The topological polar surface area (TPSA) is 15.8 Å². The quantitative estimate of drug-likeness (QED) is 0.771. The summed E-state index contributed by atoms with van der Waals surface area (Å²) in [4.78, 5) is 2.95. The van der Waals surface area contributed by atoms with Crippen molar-refractivity contribution in [2.45, 2.75) is 0 Å². The van der Waals surface area contributed by atoms with Crippen LogP contribution in [0.2, 0.25) is 0 Å². The van der Waals surface area contributed by atoms with Crippen LogP contribution in [-0.2, 0) is 0 Å². The van der Waals surface area contributed by atoms with E-state index in [-0.39, 0.29) is 5.82 Å². The smallest absolute Gasteiger partial charge is 0.146 e. The van der Waals surface area contributed by atoms with E-state index in [4.69, 9.17) is 12.2 Å². The van der Waals surface area contributed by atoms with Gasteiger partial charge in [0.1, 0.15) is 10.5 Å². The normalized spacial score (nSPS) is 10.3. The zero-order valence-electron chi connectivity index (χ0n) is 7.63. The van der Waals surface area contributed by atoms with Gasteiger partial charge in [-0.25, -0.2) is 4.39 Å². The van der Waals surface area contributed by atoms with Gasteiger partial charge in [0.25, 0.3) is 0 Å². The molecule has 1 N–H and O–H groups in total. The van der Waals surface area contributed by atoms with E-state index in [1.165, 1.54) is 0 Å². The molecule has 2 aromatic rings. The van der Waals surface area contributed by atoms with Crippen molar-refractivity contribution in [2.24, 2.45) is 0 Å². The molecule has 1 aromatic heterocycles. The fourth-order valence-corrected chi connectivity index (χ4v) is 1.87. The minimum absolute atomic E-state index is 0.283. The van der Waals surface area contributed by atoms with Crippen molar-refractivity contribution >= 4 is 28.1 Å². The van der Waals surface area contributed by atoms with Crippen LogP contribution in [-0.4, -0.2) is 4.98 Å². The Morgan fingerprint density at radius 1 is 1.13 bits per heavy atom. The predicted molar refractivity (Wildman–Crippen MR) is 64.7 cm³/mol. The lowest BCUT2D eigenvalue weighted by atomic mass is 10.1. The van der Waals surface area contributed by atoms with Crippen LogP contribution in [0.25, 0.3) is 11.3 Å². The van der Waals surface area contributed by atoms with Crippen LogP contribution >= 0.6 is 28.1 Å². The molecule has 0 fully saturated rings. The van der Waals surface area contributed by atoms with Gasteiger partial charge in [0.05, 0.1) is 4.47 Å². The summed E-state index contributed by atoms with van der Waals surface area (Å²) in [5, 5.41) is 0. The van der Waals surface area contributed by atoms with E-state index in [2.05, 4.69) is 20.9 Å². The molecule has 0 unspecified atom stereocenters. The summed E-state index contributed by atoms with van der Waals surface area (Å²) in [5.41, 5.74) is 1.19. The molecule has 0 saturated carbocycles. The van der Waals surface area contributed by atoms with Crippen LogP contribution in [0.15, 0.2) is 40.9 Å². The average Bonchev–Trinajstić information content (AvgIpc) is 2.22. The van der Waals surface area contributed by atoms with Crippen LogP contribution in [0.3, 0.4) is 0 Å². The van der Waals surface area contributed by atoms with Gasteiger partial charge in [-0.2, -0.15) is 0 Å². The third-order valence-electron chi connectivity index (χ3n) is 2.01. The van der Waals surface area contributed by atoms with Gasteiger partial charge in [-0.05, 0) is 40.2 Å². The van der Waals surface area contributed by atoms with Gasteiger partial charge < -0.3 is 4.98 Å². The minimum atomic E-state index is -0.283. The Balaban J connectivity index is 2.64. The highest BCUT2D eigenvalue weighted by Gasteiger charge is 2.07. The van der Waals surface area contributed by atoms with Crippen molar-refractivity contribution in [1.29, 1.82) is 0 Å². The molecule has 0 aliphatic heterocycles. The Hall–Kier alpha value is -1.00. The molecule has 0 radical (unpaired) electrons. The third-order valence-corrected chi connectivity index (χ3v) is 2.86. The highest BCUT2D eigenvalue weighted by Crippen LogP contribution is 2.26. The molecule has 0 spiro atoms. The fourth-order valence-electron chi connectivity index (χ4n) is 1.32. The second kappa shape index (κ2) is 4.24. The van der Waals surface area contributed by atoms with Crippen LogP contribution in [0, 0.1) is 10.5 Å². The summed E-state index contributed by atoms with van der Waals surface area (Å²) >= 11 is 8.13. The number of aromatic nitrogens is 1. The molecule has 0 amide bonds. The molecule has 0 saturated heterocycles. The molecule has 1 heterocycles.